The van der Waals surface area contributed by atoms with Gasteiger partial charge in [0.25, 0.3) is 0 Å². The van der Waals surface area contributed by atoms with Gasteiger partial charge in [0.15, 0.2) is 0 Å². The second-order valence-electron chi connectivity index (χ2n) is 8.19. The van der Waals surface area contributed by atoms with E-state index < -0.39 is 0 Å². The van der Waals surface area contributed by atoms with Gasteiger partial charge in [0.2, 0.25) is 0 Å². The summed E-state index contributed by atoms with van der Waals surface area (Å²) < 4.78 is 0. The molecule has 0 amide bonds. The fourth-order valence-electron chi connectivity index (χ4n) is 5.25. The van der Waals surface area contributed by atoms with Crippen molar-refractivity contribution in [1.82, 2.24) is 0 Å². The lowest BCUT2D eigenvalue weighted by molar-refractivity contribution is -0.307. The molecule has 4 nitrogen and oxygen atoms in total. The zero-order valence-electron chi connectivity index (χ0n) is 15.9. The Hall–Kier alpha value is -0.160. The molecule has 1 fully saturated rings. The van der Waals surface area contributed by atoms with E-state index in [9.17, 15) is 10.5 Å². The van der Waals surface area contributed by atoms with Crippen LogP contribution in [0, 0.1) is 22.2 Å². The maximum atomic E-state index is 9.20. The predicted molar refractivity (Wildman–Crippen MR) is 93.3 cm³/mol. The third-order valence-electron chi connectivity index (χ3n) is 7.29. The molecule has 0 bridgehead atoms. The van der Waals surface area contributed by atoms with E-state index >= 15 is 0 Å². The van der Waals surface area contributed by atoms with Crippen LogP contribution in [0.25, 0.3) is 0 Å². The number of hydrogen-bond donors (Lipinski definition) is 2. The molecule has 23 heavy (non-hydrogen) atoms. The van der Waals surface area contributed by atoms with Crippen LogP contribution in [0.3, 0.4) is 0 Å². The average molecular weight is 331 g/mol. The van der Waals surface area contributed by atoms with Gasteiger partial charge in [-0.15, -0.1) is 0 Å². The molecule has 1 rings (SSSR count). The monoisotopic (exact) mass is 330 g/mol. The summed E-state index contributed by atoms with van der Waals surface area (Å²) in [6.07, 6.45) is 9.08. The molecule has 1 aliphatic rings. The van der Waals surface area contributed by atoms with Crippen LogP contribution in [-0.4, -0.2) is 23.7 Å². The Balaban J connectivity index is 3.21. The van der Waals surface area contributed by atoms with Crippen LogP contribution in [0.1, 0.15) is 86.0 Å². The predicted octanol–water partition coefficient (Wildman–Crippen LogP) is 5.77. The third-order valence-corrected chi connectivity index (χ3v) is 7.29. The zero-order valence-corrected chi connectivity index (χ0v) is 15.9. The van der Waals surface area contributed by atoms with Crippen LogP contribution in [0.4, 0.5) is 0 Å². The maximum absolute atomic E-state index is 9.20. The summed E-state index contributed by atoms with van der Waals surface area (Å²) in [7, 11) is 0. The van der Waals surface area contributed by atoms with E-state index in [-0.39, 0.29) is 16.2 Å². The molecule has 0 aromatic carbocycles. The van der Waals surface area contributed by atoms with E-state index in [1.165, 1.54) is 25.7 Å². The highest BCUT2D eigenvalue weighted by molar-refractivity contribution is 5.06. The molecule has 1 saturated carbocycles. The molecule has 0 radical (unpaired) electrons. The van der Waals surface area contributed by atoms with Gasteiger partial charge in [-0.1, -0.05) is 47.5 Å². The molecular weight excluding hydrogens is 292 g/mol. The van der Waals surface area contributed by atoms with Crippen LogP contribution < -0.4 is 0 Å². The van der Waals surface area contributed by atoms with Gasteiger partial charge in [0, 0.05) is 10.8 Å². The Morgan fingerprint density at radius 3 is 1.65 bits per heavy atom. The lowest BCUT2D eigenvalue weighted by atomic mass is 9.45. The molecule has 4 heteroatoms. The molecule has 0 aliphatic heterocycles. The summed E-state index contributed by atoms with van der Waals surface area (Å²) in [6, 6.07) is 0. The van der Waals surface area contributed by atoms with Gasteiger partial charge in [-0.05, 0) is 49.9 Å². The number of rotatable bonds is 10. The highest BCUT2D eigenvalue weighted by atomic mass is 17.1. The van der Waals surface area contributed by atoms with E-state index in [2.05, 4.69) is 44.4 Å². The highest BCUT2D eigenvalue weighted by Crippen LogP contribution is 2.63. The second-order valence-corrected chi connectivity index (χ2v) is 8.19. The fourth-order valence-corrected chi connectivity index (χ4v) is 5.25. The summed E-state index contributed by atoms with van der Waals surface area (Å²) in [5, 5.41) is 18.4. The Kier molecular flexibility index (Phi) is 7.99. The first-order valence-electron chi connectivity index (χ1n) is 9.41. The van der Waals surface area contributed by atoms with Crippen molar-refractivity contribution in [2.75, 3.05) is 13.2 Å². The molecule has 2 unspecified atom stereocenters. The first-order valence-corrected chi connectivity index (χ1v) is 9.41. The van der Waals surface area contributed by atoms with Crippen LogP contribution in [-0.2, 0) is 9.78 Å². The van der Waals surface area contributed by atoms with Crippen LogP contribution >= 0.6 is 0 Å². The van der Waals surface area contributed by atoms with Crippen LogP contribution in [0.2, 0.25) is 0 Å². The van der Waals surface area contributed by atoms with Crippen molar-refractivity contribution in [3.63, 3.8) is 0 Å². The SMILES string of the molecule is CCCC1CCC(C(C)(CC)COO)(C(C)(CC)COO)CC1. The molecule has 0 spiro atoms. The van der Waals surface area contributed by atoms with Crippen molar-refractivity contribution in [3.05, 3.63) is 0 Å². The van der Waals surface area contributed by atoms with E-state index in [0.29, 0.717) is 13.2 Å². The van der Waals surface area contributed by atoms with Gasteiger partial charge in [-0.2, -0.15) is 0 Å². The Morgan fingerprint density at radius 2 is 1.35 bits per heavy atom. The first kappa shape index (κ1) is 20.9. The van der Waals surface area contributed by atoms with E-state index in [0.717, 1.165) is 31.6 Å². The van der Waals surface area contributed by atoms with Crippen molar-refractivity contribution in [1.29, 1.82) is 0 Å². The summed E-state index contributed by atoms with van der Waals surface area (Å²) in [5.41, 5.74) is -0.274. The summed E-state index contributed by atoms with van der Waals surface area (Å²) in [4.78, 5) is 9.33. The van der Waals surface area contributed by atoms with Gasteiger partial charge in [0.1, 0.15) is 0 Å². The van der Waals surface area contributed by atoms with Crippen molar-refractivity contribution in [2.24, 2.45) is 22.2 Å². The molecule has 2 N–H and O–H groups in total. The molecule has 0 aromatic rings. The Labute approximate surface area is 142 Å². The minimum absolute atomic E-state index is 0.000792. The van der Waals surface area contributed by atoms with Crippen molar-refractivity contribution in [2.45, 2.75) is 86.0 Å². The van der Waals surface area contributed by atoms with Gasteiger partial charge in [0.05, 0.1) is 13.2 Å². The van der Waals surface area contributed by atoms with Gasteiger partial charge >= 0.3 is 0 Å². The Bertz CT molecular complexity index is 316. The maximum Gasteiger partial charge on any atom is 0.0878 e. The van der Waals surface area contributed by atoms with E-state index in [1.54, 1.807) is 0 Å². The van der Waals surface area contributed by atoms with E-state index in [4.69, 9.17) is 0 Å². The summed E-state index contributed by atoms with van der Waals surface area (Å²) >= 11 is 0. The van der Waals surface area contributed by atoms with Gasteiger partial charge in [-0.25, -0.2) is 9.78 Å². The number of hydrogen-bond acceptors (Lipinski definition) is 4. The molecule has 0 saturated heterocycles. The lowest BCUT2D eigenvalue weighted by Gasteiger charge is -2.60. The molecule has 0 aromatic heterocycles. The topological polar surface area (TPSA) is 58.9 Å². The van der Waals surface area contributed by atoms with Crippen molar-refractivity contribution < 1.29 is 20.3 Å². The highest BCUT2D eigenvalue weighted by Gasteiger charge is 2.58. The van der Waals surface area contributed by atoms with Crippen LogP contribution in [0.15, 0.2) is 0 Å². The molecule has 0 heterocycles. The molecule has 138 valence electrons. The zero-order chi connectivity index (χ0) is 17.6. The summed E-state index contributed by atoms with van der Waals surface area (Å²) in [6.45, 7) is 11.7. The molecule has 2 atom stereocenters. The summed E-state index contributed by atoms with van der Waals surface area (Å²) in [5.74, 6) is 0.806. The van der Waals surface area contributed by atoms with Gasteiger partial charge in [-0.3, -0.25) is 10.5 Å². The second kappa shape index (κ2) is 8.80. The minimum Gasteiger partial charge on any atom is -0.252 e. The fraction of sp³-hybridized carbons (Fsp3) is 1.00. The first-order chi connectivity index (χ1) is 10.9. The molecular formula is C19H38O4. The van der Waals surface area contributed by atoms with Crippen LogP contribution in [0.5, 0.6) is 0 Å². The van der Waals surface area contributed by atoms with E-state index in [1.807, 2.05) is 0 Å². The van der Waals surface area contributed by atoms with Crippen molar-refractivity contribution >= 4 is 0 Å². The third kappa shape index (κ3) is 3.92. The van der Waals surface area contributed by atoms with Gasteiger partial charge < -0.3 is 0 Å². The minimum atomic E-state index is -0.137. The molecule has 1 aliphatic carbocycles. The standard InChI is InChI=1S/C19H38O4/c1-6-9-16-10-12-19(13-11-16,17(4,7-2)14-22-20)18(5,8-3)15-23-21/h16,20-21H,6-15H2,1-5H3. The Morgan fingerprint density at radius 1 is 0.913 bits per heavy atom. The lowest BCUT2D eigenvalue weighted by Crippen LogP contribution is -2.56. The normalized spacial score (nSPS) is 30.7. The largest absolute Gasteiger partial charge is 0.252 e. The average Bonchev–Trinajstić information content (AvgIpc) is 2.56. The quantitative estimate of drug-likeness (QED) is 0.394. The van der Waals surface area contributed by atoms with Crippen molar-refractivity contribution in [3.8, 4) is 0 Å². The smallest absolute Gasteiger partial charge is 0.0878 e.